The third-order valence-electron chi connectivity index (χ3n) is 4.68. The molecule has 0 amide bonds. The minimum absolute atomic E-state index is 0.472. The molecule has 1 heterocycles. The van der Waals surface area contributed by atoms with Crippen molar-refractivity contribution in [2.45, 2.75) is 59.4 Å². The monoisotopic (exact) mass is 280 g/mol. The number of hydrogen-bond acceptors (Lipinski definition) is 3. The van der Waals surface area contributed by atoms with Gasteiger partial charge in [0.25, 0.3) is 0 Å². The molecule has 1 aliphatic carbocycles. The van der Waals surface area contributed by atoms with Gasteiger partial charge in [0.05, 0.1) is 16.7 Å². The number of nitrogens with one attached hydrogen (secondary N) is 1. The first-order valence-corrected chi connectivity index (χ1v) is 8.65. The Morgan fingerprint density at radius 3 is 2.74 bits per heavy atom. The van der Waals surface area contributed by atoms with Crippen LogP contribution in [0.3, 0.4) is 0 Å². The molecule has 1 aromatic heterocycles. The topological polar surface area (TPSA) is 24.9 Å². The van der Waals surface area contributed by atoms with E-state index in [1.165, 1.54) is 36.4 Å². The summed E-state index contributed by atoms with van der Waals surface area (Å²) in [5.41, 5.74) is 1.28. The Labute approximate surface area is 122 Å². The molecule has 19 heavy (non-hydrogen) atoms. The quantitative estimate of drug-likeness (QED) is 0.855. The average molecular weight is 280 g/mol. The summed E-state index contributed by atoms with van der Waals surface area (Å²) < 4.78 is 0. The standard InChI is InChI=1S/C16H28N2S/c1-5-8-17-16(15-10-19-13(4)18-15)14-7-6-11(2)12(3)9-14/h10-12,14,16-17H,5-9H2,1-4H3. The van der Waals surface area contributed by atoms with Crippen LogP contribution in [0.2, 0.25) is 0 Å². The van der Waals surface area contributed by atoms with Crippen LogP contribution in [0.25, 0.3) is 0 Å². The number of nitrogens with zero attached hydrogens (tertiary/aromatic N) is 1. The fourth-order valence-corrected chi connectivity index (χ4v) is 3.88. The van der Waals surface area contributed by atoms with Crippen molar-refractivity contribution in [1.82, 2.24) is 10.3 Å². The highest BCUT2D eigenvalue weighted by molar-refractivity contribution is 7.09. The molecule has 2 rings (SSSR count). The van der Waals surface area contributed by atoms with E-state index >= 15 is 0 Å². The van der Waals surface area contributed by atoms with Gasteiger partial charge in [-0.15, -0.1) is 11.3 Å². The summed E-state index contributed by atoms with van der Waals surface area (Å²) in [7, 11) is 0. The van der Waals surface area contributed by atoms with Gasteiger partial charge in [-0.3, -0.25) is 0 Å². The van der Waals surface area contributed by atoms with E-state index in [1.807, 2.05) is 0 Å². The Morgan fingerprint density at radius 2 is 2.16 bits per heavy atom. The molecule has 0 bridgehead atoms. The summed E-state index contributed by atoms with van der Waals surface area (Å²) in [6, 6.07) is 0.472. The van der Waals surface area contributed by atoms with Crippen molar-refractivity contribution in [3.8, 4) is 0 Å². The van der Waals surface area contributed by atoms with Gasteiger partial charge >= 0.3 is 0 Å². The third kappa shape index (κ3) is 3.79. The number of rotatable bonds is 5. The second kappa shape index (κ2) is 6.85. The normalized spacial score (nSPS) is 29.4. The second-order valence-corrected chi connectivity index (χ2v) is 7.31. The lowest BCUT2D eigenvalue weighted by atomic mass is 9.72. The van der Waals surface area contributed by atoms with Crippen molar-refractivity contribution >= 4 is 11.3 Å². The summed E-state index contributed by atoms with van der Waals surface area (Å²) in [4.78, 5) is 4.74. The minimum Gasteiger partial charge on any atom is -0.308 e. The van der Waals surface area contributed by atoms with Crippen LogP contribution in [0.15, 0.2) is 5.38 Å². The first kappa shape index (κ1) is 15.0. The summed E-state index contributed by atoms with van der Waals surface area (Å²) in [6.45, 7) is 10.3. The Morgan fingerprint density at radius 1 is 1.37 bits per heavy atom. The minimum atomic E-state index is 0.472. The van der Waals surface area contributed by atoms with Crippen LogP contribution in [0.1, 0.15) is 63.2 Å². The van der Waals surface area contributed by atoms with Gasteiger partial charge in [0.2, 0.25) is 0 Å². The van der Waals surface area contributed by atoms with Crippen molar-refractivity contribution in [2.75, 3.05) is 6.54 Å². The molecular weight excluding hydrogens is 252 g/mol. The molecule has 108 valence electrons. The van der Waals surface area contributed by atoms with Gasteiger partial charge in [0.1, 0.15) is 0 Å². The van der Waals surface area contributed by atoms with Crippen LogP contribution in [0.5, 0.6) is 0 Å². The predicted octanol–water partition coefficient (Wildman–Crippen LogP) is 4.56. The molecule has 0 saturated heterocycles. The number of aryl methyl sites for hydroxylation is 1. The maximum absolute atomic E-state index is 4.74. The van der Waals surface area contributed by atoms with Crippen LogP contribution in [-0.2, 0) is 0 Å². The Balaban J connectivity index is 2.09. The molecule has 1 aromatic rings. The van der Waals surface area contributed by atoms with Crippen LogP contribution >= 0.6 is 11.3 Å². The van der Waals surface area contributed by atoms with E-state index in [0.29, 0.717) is 6.04 Å². The maximum atomic E-state index is 4.74. The molecule has 1 fully saturated rings. The summed E-state index contributed by atoms with van der Waals surface area (Å²) in [5, 5.41) is 7.19. The summed E-state index contributed by atoms with van der Waals surface area (Å²) >= 11 is 1.78. The molecule has 0 aromatic carbocycles. The van der Waals surface area contributed by atoms with E-state index < -0.39 is 0 Å². The highest BCUT2D eigenvalue weighted by atomic mass is 32.1. The zero-order valence-corrected chi connectivity index (χ0v) is 13.6. The van der Waals surface area contributed by atoms with Gasteiger partial charge in [0.15, 0.2) is 0 Å². The molecule has 4 atom stereocenters. The van der Waals surface area contributed by atoms with Crippen molar-refractivity contribution < 1.29 is 0 Å². The zero-order chi connectivity index (χ0) is 13.8. The Kier molecular flexibility index (Phi) is 5.40. The van der Waals surface area contributed by atoms with Gasteiger partial charge in [-0.1, -0.05) is 27.2 Å². The van der Waals surface area contributed by atoms with Gasteiger partial charge in [0, 0.05) is 5.38 Å². The van der Waals surface area contributed by atoms with Gasteiger partial charge < -0.3 is 5.32 Å². The van der Waals surface area contributed by atoms with Gasteiger partial charge in [-0.2, -0.15) is 0 Å². The van der Waals surface area contributed by atoms with Crippen molar-refractivity contribution in [3.63, 3.8) is 0 Å². The van der Waals surface area contributed by atoms with Crippen molar-refractivity contribution in [1.29, 1.82) is 0 Å². The van der Waals surface area contributed by atoms with Crippen LogP contribution < -0.4 is 5.32 Å². The van der Waals surface area contributed by atoms with E-state index in [4.69, 9.17) is 4.98 Å². The zero-order valence-electron chi connectivity index (χ0n) is 12.8. The maximum Gasteiger partial charge on any atom is 0.0898 e. The van der Waals surface area contributed by atoms with E-state index in [2.05, 4.69) is 38.4 Å². The number of thiazole rings is 1. The first-order chi connectivity index (χ1) is 9.11. The Hall–Kier alpha value is -0.410. The second-order valence-electron chi connectivity index (χ2n) is 6.25. The average Bonchev–Trinajstić information content (AvgIpc) is 2.80. The number of aromatic nitrogens is 1. The van der Waals surface area contributed by atoms with E-state index in [-0.39, 0.29) is 0 Å². The molecule has 1 aliphatic rings. The molecule has 4 unspecified atom stereocenters. The summed E-state index contributed by atoms with van der Waals surface area (Å²) in [5.74, 6) is 2.50. The Bertz CT molecular complexity index is 388. The molecule has 0 aliphatic heterocycles. The van der Waals surface area contributed by atoms with Crippen LogP contribution in [-0.4, -0.2) is 11.5 Å². The van der Waals surface area contributed by atoms with Crippen molar-refractivity contribution in [3.05, 3.63) is 16.1 Å². The van der Waals surface area contributed by atoms with E-state index in [9.17, 15) is 0 Å². The molecule has 2 nitrogen and oxygen atoms in total. The van der Waals surface area contributed by atoms with Gasteiger partial charge in [-0.05, 0) is 50.5 Å². The predicted molar refractivity (Wildman–Crippen MR) is 83.6 cm³/mol. The smallest absolute Gasteiger partial charge is 0.0898 e. The van der Waals surface area contributed by atoms with E-state index in [1.54, 1.807) is 11.3 Å². The lowest BCUT2D eigenvalue weighted by Crippen LogP contribution is -2.34. The highest BCUT2D eigenvalue weighted by Gasteiger charge is 2.31. The molecule has 0 spiro atoms. The molecule has 1 N–H and O–H groups in total. The molecule has 0 radical (unpaired) electrons. The molecular formula is C16H28N2S. The molecule has 1 saturated carbocycles. The summed E-state index contributed by atoms with van der Waals surface area (Å²) in [6.07, 6.45) is 5.26. The lowest BCUT2D eigenvalue weighted by molar-refractivity contribution is 0.169. The van der Waals surface area contributed by atoms with Crippen molar-refractivity contribution in [2.24, 2.45) is 17.8 Å². The lowest BCUT2D eigenvalue weighted by Gasteiger charge is -2.36. The fourth-order valence-electron chi connectivity index (χ4n) is 3.23. The van der Waals surface area contributed by atoms with Crippen LogP contribution in [0, 0.1) is 24.7 Å². The first-order valence-electron chi connectivity index (χ1n) is 7.77. The number of hydrogen-bond donors (Lipinski definition) is 1. The third-order valence-corrected chi connectivity index (χ3v) is 5.47. The van der Waals surface area contributed by atoms with Gasteiger partial charge in [-0.25, -0.2) is 4.98 Å². The van der Waals surface area contributed by atoms with E-state index in [0.717, 1.165) is 24.3 Å². The highest BCUT2D eigenvalue weighted by Crippen LogP contribution is 2.39. The van der Waals surface area contributed by atoms with Crippen LogP contribution in [0.4, 0.5) is 0 Å². The largest absolute Gasteiger partial charge is 0.308 e. The SMILES string of the molecule is CCCNC(c1csc(C)n1)C1CCC(C)C(C)C1. The molecule has 3 heteroatoms. The fraction of sp³-hybridized carbons (Fsp3) is 0.812.